The summed E-state index contributed by atoms with van der Waals surface area (Å²) in [6, 6.07) is 0. The van der Waals surface area contributed by atoms with E-state index in [9.17, 15) is 4.79 Å². The molecule has 0 aromatic carbocycles. The summed E-state index contributed by atoms with van der Waals surface area (Å²) < 4.78 is 1.03. The van der Waals surface area contributed by atoms with Crippen molar-refractivity contribution >= 4 is 17.7 Å². The summed E-state index contributed by atoms with van der Waals surface area (Å²) in [5, 5.41) is 9.80. The average molecular weight is 214 g/mol. The van der Waals surface area contributed by atoms with E-state index in [2.05, 4.69) is 4.98 Å². The molecule has 0 fully saturated rings. The first kappa shape index (κ1) is 11.1. The first-order valence-electron chi connectivity index (χ1n) is 4.39. The van der Waals surface area contributed by atoms with E-state index in [1.54, 1.807) is 19.3 Å². The third-order valence-corrected chi connectivity index (χ3v) is 3.71. The molecule has 0 aliphatic rings. The van der Waals surface area contributed by atoms with Crippen LogP contribution < -0.4 is 0 Å². The predicted octanol–water partition coefficient (Wildman–Crippen LogP) is 1.77. The third kappa shape index (κ3) is 2.09. The first-order valence-corrected chi connectivity index (χ1v) is 5.21. The van der Waals surface area contributed by atoms with Gasteiger partial charge in [0.1, 0.15) is 4.75 Å². The lowest BCUT2D eigenvalue weighted by Crippen LogP contribution is -2.30. The van der Waals surface area contributed by atoms with Crippen LogP contribution in [0.4, 0.5) is 0 Å². The van der Waals surface area contributed by atoms with E-state index in [1.165, 1.54) is 11.8 Å². The van der Waals surface area contributed by atoms with Gasteiger partial charge in [0.2, 0.25) is 0 Å². The van der Waals surface area contributed by atoms with Gasteiger partial charge in [-0.1, -0.05) is 18.7 Å². The lowest BCUT2D eigenvalue weighted by Gasteiger charge is -2.21. The SMILES string of the molecule is CCC(C)(Sc1nccn1C)C(=O)O. The molecule has 1 rings (SSSR count). The third-order valence-electron chi connectivity index (χ3n) is 2.22. The van der Waals surface area contributed by atoms with Crippen molar-refractivity contribution in [3.63, 3.8) is 0 Å². The number of carbonyl (C=O) groups is 1. The van der Waals surface area contributed by atoms with E-state index >= 15 is 0 Å². The van der Waals surface area contributed by atoms with Crippen LogP contribution in [0.25, 0.3) is 0 Å². The zero-order valence-electron chi connectivity index (χ0n) is 8.52. The Kier molecular flexibility index (Phi) is 3.21. The highest BCUT2D eigenvalue weighted by molar-refractivity contribution is 8.01. The molecule has 0 bridgehead atoms. The summed E-state index contributed by atoms with van der Waals surface area (Å²) in [4.78, 5) is 15.1. The van der Waals surface area contributed by atoms with E-state index in [0.717, 1.165) is 5.16 Å². The van der Waals surface area contributed by atoms with Crippen molar-refractivity contribution in [1.29, 1.82) is 0 Å². The molecule has 1 unspecified atom stereocenters. The topological polar surface area (TPSA) is 55.1 Å². The Hall–Kier alpha value is -0.970. The van der Waals surface area contributed by atoms with Gasteiger partial charge in [0.25, 0.3) is 0 Å². The van der Waals surface area contributed by atoms with E-state index in [1.807, 2.05) is 18.5 Å². The van der Waals surface area contributed by atoms with Gasteiger partial charge in [-0.15, -0.1) is 0 Å². The Morgan fingerprint density at radius 1 is 1.79 bits per heavy atom. The van der Waals surface area contributed by atoms with E-state index in [4.69, 9.17) is 5.11 Å². The number of nitrogens with zero attached hydrogens (tertiary/aromatic N) is 2. The van der Waals surface area contributed by atoms with Crippen LogP contribution >= 0.6 is 11.8 Å². The second-order valence-corrected chi connectivity index (χ2v) is 4.78. The molecule has 1 aromatic rings. The second-order valence-electron chi connectivity index (χ2n) is 3.31. The largest absolute Gasteiger partial charge is 0.480 e. The Balaban J connectivity index is 2.86. The van der Waals surface area contributed by atoms with Gasteiger partial charge in [0, 0.05) is 19.4 Å². The number of rotatable bonds is 4. The second kappa shape index (κ2) is 4.04. The van der Waals surface area contributed by atoms with Crippen LogP contribution in [0, 0.1) is 0 Å². The number of hydrogen-bond acceptors (Lipinski definition) is 3. The van der Waals surface area contributed by atoms with Gasteiger partial charge in [-0.05, 0) is 13.3 Å². The average Bonchev–Trinajstić information content (AvgIpc) is 2.51. The van der Waals surface area contributed by atoms with Gasteiger partial charge in [-0.2, -0.15) is 0 Å². The van der Waals surface area contributed by atoms with Crippen molar-refractivity contribution in [1.82, 2.24) is 9.55 Å². The van der Waals surface area contributed by atoms with E-state index in [0.29, 0.717) is 6.42 Å². The zero-order valence-corrected chi connectivity index (χ0v) is 9.34. The van der Waals surface area contributed by atoms with Crippen molar-refractivity contribution in [3.05, 3.63) is 12.4 Å². The maximum absolute atomic E-state index is 11.0. The monoisotopic (exact) mass is 214 g/mol. The molecule has 5 heteroatoms. The smallest absolute Gasteiger partial charge is 0.319 e. The Morgan fingerprint density at radius 3 is 2.79 bits per heavy atom. The molecule has 1 aromatic heterocycles. The van der Waals surface area contributed by atoms with Crippen molar-refractivity contribution < 1.29 is 9.90 Å². The zero-order chi connectivity index (χ0) is 10.8. The molecule has 0 saturated carbocycles. The molecule has 0 aliphatic carbocycles. The maximum Gasteiger partial charge on any atom is 0.319 e. The molecule has 0 radical (unpaired) electrons. The van der Waals surface area contributed by atoms with Crippen LogP contribution in [0.2, 0.25) is 0 Å². The maximum atomic E-state index is 11.0. The fourth-order valence-corrected chi connectivity index (χ4v) is 1.87. The molecule has 4 nitrogen and oxygen atoms in total. The number of carboxylic acids is 1. The minimum absolute atomic E-state index is 0.569. The number of aryl methyl sites for hydroxylation is 1. The van der Waals surface area contributed by atoms with Crippen LogP contribution in [-0.4, -0.2) is 25.4 Å². The van der Waals surface area contributed by atoms with Crippen LogP contribution in [-0.2, 0) is 11.8 Å². The number of imidazole rings is 1. The van der Waals surface area contributed by atoms with Crippen LogP contribution in [0.15, 0.2) is 17.6 Å². The number of hydrogen-bond donors (Lipinski definition) is 1. The minimum atomic E-state index is -0.798. The number of aromatic nitrogens is 2. The molecule has 0 spiro atoms. The lowest BCUT2D eigenvalue weighted by molar-refractivity contribution is -0.139. The standard InChI is InChI=1S/C9H14N2O2S/c1-4-9(2,7(12)13)14-8-10-5-6-11(8)3/h5-6H,4H2,1-3H3,(H,12,13). The molecule has 1 atom stereocenters. The molecule has 14 heavy (non-hydrogen) atoms. The normalized spacial score (nSPS) is 15.1. The quantitative estimate of drug-likeness (QED) is 0.776. The van der Waals surface area contributed by atoms with E-state index in [-0.39, 0.29) is 0 Å². The number of thioether (sulfide) groups is 1. The minimum Gasteiger partial charge on any atom is -0.480 e. The number of carboxylic acid groups (broad SMARTS) is 1. The summed E-state index contributed by atoms with van der Waals surface area (Å²) in [5.41, 5.74) is 0. The van der Waals surface area contributed by atoms with Crippen LogP contribution in [0.1, 0.15) is 20.3 Å². The summed E-state index contributed by atoms with van der Waals surface area (Å²) in [5.74, 6) is -0.798. The molecule has 0 amide bonds. The van der Waals surface area contributed by atoms with Gasteiger partial charge in [-0.25, -0.2) is 4.98 Å². The molecule has 0 aliphatic heterocycles. The van der Waals surface area contributed by atoms with Crippen molar-refractivity contribution in [2.75, 3.05) is 0 Å². The van der Waals surface area contributed by atoms with Gasteiger partial charge in [-0.3, -0.25) is 4.79 Å². The first-order chi connectivity index (χ1) is 6.49. The van der Waals surface area contributed by atoms with Gasteiger partial charge in [0.05, 0.1) is 0 Å². The summed E-state index contributed by atoms with van der Waals surface area (Å²) in [6.07, 6.45) is 4.04. The molecule has 0 saturated heterocycles. The summed E-state index contributed by atoms with van der Waals surface area (Å²) in [6.45, 7) is 3.58. The Labute approximate surface area is 87.3 Å². The molecule has 1 heterocycles. The molecule has 78 valence electrons. The van der Waals surface area contributed by atoms with Gasteiger partial charge >= 0.3 is 5.97 Å². The highest BCUT2D eigenvalue weighted by Crippen LogP contribution is 2.34. The van der Waals surface area contributed by atoms with Crippen molar-refractivity contribution in [3.8, 4) is 0 Å². The summed E-state index contributed by atoms with van der Waals surface area (Å²) >= 11 is 1.28. The van der Waals surface area contributed by atoms with E-state index < -0.39 is 10.7 Å². The fraction of sp³-hybridized carbons (Fsp3) is 0.556. The molecular weight excluding hydrogens is 200 g/mol. The highest BCUT2D eigenvalue weighted by Gasteiger charge is 2.33. The van der Waals surface area contributed by atoms with Crippen molar-refractivity contribution in [2.45, 2.75) is 30.2 Å². The predicted molar refractivity (Wildman–Crippen MR) is 55.4 cm³/mol. The van der Waals surface area contributed by atoms with Crippen molar-refractivity contribution in [2.24, 2.45) is 7.05 Å². The van der Waals surface area contributed by atoms with Gasteiger partial charge in [0.15, 0.2) is 5.16 Å². The number of aliphatic carboxylic acids is 1. The lowest BCUT2D eigenvalue weighted by atomic mass is 10.1. The van der Waals surface area contributed by atoms with Crippen LogP contribution in [0.5, 0.6) is 0 Å². The summed E-state index contributed by atoms with van der Waals surface area (Å²) in [7, 11) is 1.85. The van der Waals surface area contributed by atoms with Gasteiger partial charge < -0.3 is 9.67 Å². The fourth-order valence-electron chi connectivity index (χ4n) is 0.919. The Morgan fingerprint density at radius 2 is 2.43 bits per heavy atom. The molecular formula is C9H14N2O2S. The van der Waals surface area contributed by atoms with Crippen LogP contribution in [0.3, 0.4) is 0 Å². The highest BCUT2D eigenvalue weighted by atomic mass is 32.2. The molecule has 1 N–H and O–H groups in total. The Bertz CT molecular complexity index is 337.